The first-order valence-electron chi connectivity index (χ1n) is 6.86. The Morgan fingerprint density at radius 1 is 1.45 bits per heavy atom. The number of hydrogen-bond donors (Lipinski definition) is 2. The van der Waals surface area contributed by atoms with E-state index in [9.17, 15) is 14.4 Å². The van der Waals surface area contributed by atoms with Crippen LogP contribution < -0.4 is 5.32 Å². The number of nitrogens with one attached hydrogen (secondary N) is 1. The fraction of sp³-hybridized carbons (Fsp3) is 0.333. The third kappa shape index (κ3) is 2.34. The van der Waals surface area contributed by atoms with Crippen LogP contribution >= 0.6 is 0 Å². The highest BCUT2D eigenvalue weighted by molar-refractivity contribution is 5.99. The number of anilines is 1. The SMILES string of the molecule is CC(=O)N1CC2(Cc3cc(/C=C/C(=O)O)cnc3NC2=O)C1. The van der Waals surface area contributed by atoms with Crippen molar-refractivity contribution >= 4 is 29.7 Å². The van der Waals surface area contributed by atoms with Crippen molar-refractivity contribution in [2.45, 2.75) is 13.3 Å². The topological polar surface area (TPSA) is 99.6 Å². The van der Waals surface area contributed by atoms with Crippen LogP contribution in [0.1, 0.15) is 18.1 Å². The van der Waals surface area contributed by atoms with Crippen LogP contribution in [0.3, 0.4) is 0 Å². The Morgan fingerprint density at radius 2 is 2.18 bits per heavy atom. The number of nitrogens with zero attached hydrogens (tertiary/aromatic N) is 2. The van der Waals surface area contributed by atoms with E-state index in [0.29, 0.717) is 30.9 Å². The quantitative estimate of drug-likeness (QED) is 0.776. The van der Waals surface area contributed by atoms with E-state index in [0.717, 1.165) is 11.6 Å². The number of fused-ring (bicyclic) bond motifs is 1. The summed E-state index contributed by atoms with van der Waals surface area (Å²) in [6.45, 7) is 2.30. The van der Waals surface area contributed by atoms with Gasteiger partial charge in [0, 0.05) is 32.3 Å². The number of rotatable bonds is 2. The summed E-state index contributed by atoms with van der Waals surface area (Å²) in [5.74, 6) is -0.678. The minimum absolute atomic E-state index is 0.0412. The van der Waals surface area contributed by atoms with Gasteiger partial charge in [0.05, 0.1) is 5.41 Å². The monoisotopic (exact) mass is 301 g/mol. The van der Waals surface area contributed by atoms with E-state index in [2.05, 4.69) is 10.3 Å². The maximum absolute atomic E-state index is 12.2. The number of pyridine rings is 1. The van der Waals surface area contributed by atoms with Gasteiger partial charge < -0.3 is 15.3 Å². The lowest BCUT2D eigenvalue weighted by molar-refractivity contribution is -0.149. The zero-order valence-electron chi connectivity index (χ0n) is 12.0. The summed E-state index contributed by atoms with van der Waals surface area (Å²) in [5.41, 5.74) is 0.931. The van der Waals surface area contributed by atoms with Crippen molar-refractivity contribution in [3.63, 3.8) is 0 Å². The number of aliphatic carboxylic acids is 1. The molecule has 0 unspecified atom stereocenters. The van der Waals surface area contributed by atoms with E-state index < -0.39 is 11.4 Å². The molecule has 0 atom stereocenters. The van der Waals surface area contributed by atoms with Crippen LogP contribution in [0.25, 0.3) is 6.08 Å². The van der Waals surface area contributed by atoms with Gasteiger partial charge in [0.15, 0.2) is 0 Å². The van der Waals surface area contributed by atoms with Gasteiger partial charge in [-0.3, -0.25) is 9.59 Å². The molecule has 2 aliphatic rings. The number of carbonyl (C=O) groups excluding carboxylic acids is 2. The molecule has 0 saturated carbocycles. The van der Waals surface area contributed by atoms with Crippen molar-refractivity contribution < 1.29 is 19.5 Å². The van der Waals surface area contributed by atoms with Crippen molar-refractivity contribution in [3.05, 3.63) is 29.5 Å². The minimum atomic E-state index is -1.03. The Balaban J connectivity index is 1.84. The number of aromatic nitrogens is 1. The summed E-state index contributed by atoms with van der Waals surface area (Å²) < 4.78 is 0. The lowest BCUT2D eigenvalue weighted by Crippen LogP contribution is -2.65. The molecule has 1 fully saturated rings. The highest BCUT2D eigenvalue weighted by atomic mass is 16.4. The van der Waals surface area contributed by atoms with Crippen molar-refractivity contribution in [1.29, 1.82) is 0 Å². The lowest BCUT2D eigenvalue weighted by atomic mass is 9.72. The molecule has 0 aromatic carbocycles. The van der Waals surface area contributed by atoms with Crippen molar-refractivity contribution in [1.82, 2.24) is 9.88 Å². The number of carboxylic acids is 1. The summed E-state index contributed by atoms with van der Waals surface area (Å²) in [5, 5.41) is 11.4. The van der Waals surface area contributed by atoms with Gasteiger partial charge in [-0.2, -0.15) is 0 Å². The molecule has 2 aliphatic heterocycles. The molecule has 7 nitrogen and oxygen atoms in total. The first-order chi connectivity index (χ1) is 10.4. The normalized spacial score (nSPS) is 18.8. The Hall–Kier alpha value is -2.70. The van der Waals surface area contributed by atoms with Gasteiger partial charge in [-0.1, -0.05) is 0 Å². The van der Waals surface area contributed by atoms with Gasteiger partial charge in [0.2, 0.25) is 11.8 Å². The predicted octanol–water partition coefficient (Wildman–Crippen LogP) is 0.523. The molecule has 114 valence electrons. The molecule has 0 aliphatic carbocycles. The second-order valence-electron chi connectivity index (χ2n) is 5.73. The van der Waals surface area contributed by atoms with Crippen LogP contribution in [-0.4, -0.2) is 45.9 Å². The van der Waals surface area contributed by atoms with E-state index >= 15 is 0 Å². The summed E-state index contributed by atoms with van der Waals surface area (Å²) >= 11 is 0. The largest absolute Gasteiger partial charge is 0.478 e. The van der Waals surface area contributed by atoms with E-state index in [1.807, 2.05) is 6.07 Å². The molecule has 2 amide bonds. The van der Waals surface area contributed by atoms with E-state index in [1.165, 1.54) is 19.2 Å². The van der Waals surface area contributed by atoms with E-state index in [1.54, 1.807) is 4.90 Å². The van der Waals surface area contributed by atoms with Crippen LogP contribution in [0.15, 0.2) is 18.3 Å². The first-order valence-corrected chi connectivity index (χ1v) is 6.86. The van der Waals surface area contributed by atoms with Crippen molar-refractivity contribution in [3.8, 4) is 0 Å². The average Bonchev–Trinajstić information content (AvgIpc) is 2.41. The van der Waals surface area contributed by atoms with Gasteiger partial charge in [-0.15, -0.1) is 0 Å². The summed E-state index contributed by atoms with van der Waals surface area (Å²) in [7, 11) is 0. The van der Waals surface area contributed by atoms with Crippen LogP contribution in [0.2, 0.25) is 0 Å². The lowest BCUT2D eigenvalue weighted by Gasteiger charge is -2.50. The number of carbonyl (C=O) groups is 3. The molecule has 0 radical (unpaired) electrons. The zero-order valence-corrected chi connectivity index (χ0v) is 12.0. The number of likely N-dealkylation sites (tertiary alicyclic amines) is 1. The van der Waals surface area contributed by atoms with E-state index in [4.69, 9.17) is 5.11 Å². The second kappa shape index (κ2) is 4.94. The minimum Gasteiger partial charge on any atom is -0.478 e. The molecule has 1 spiro atoms. The van der Waals surface area contributed by atoms with Gasteiger partial charge >= 0.3 is 5.97 Å². The third-order valence-corrected chi connectivity index (χ3v) is 4.08. The Morgan fingerprint density at radius 3 is 2.82 bits per heavy atom. The Labute approximate surface area is 126 Å². The molecule has 3 rings (SSSR count). The van der Waals surface area contributed by atoms with Crippen LogP contribution in [0.5, 0.6) is 0 Å². The molecular weight excluding hydrogens is 286 g/mol. The molecule has 22 heavy (non-hydrogen) atoms. The standard InChI is InChI=1S/C15H15N3O4/c1-9(19)18-7-15(8-18)5-11-4-10(2-3-12(20)21)6-16-13(11)17-14(15)22/h2-4,6H,5,7-8H2,1H3,(H,20,21)(H,16,17,22)/b3-2+. The Kier molecular flexibility index (Phi) is 3.20. The molecule has 1 aromatic heterocycles. The van der Waals surface area contributed by atoms with Gasteiger partial charge in [-0.05, 0) is 29.7 Å². The molecule has 7 heteroatoms. The van der Waals surface area contributed by atoms with Gasteiger partial charge in [0.25, 0.3) is 0 Å². The molecule has 2 N–H and O–H groups in total. The zero-order chi connectivity index (χ0) is 15.9. The second-order valence-corrected chi connectivity index (χ2v) is 5.73. The predicted molar refractivity (Wildman–Crippen MR) is 77.9 cm³/mol. The highest BCUT2D eigenvalue weighted by Gasteiger charge is 2.52. The number of carboxylic acid groups (broad SMARTS) is 1. The maximum Gasteiger partial charge on any atom is 0.328 e. The fourth-order valence-corrected chi connectivity index (χ4v) is 2.88. The first kappa shape index (κ1) is 14.2. The van der Waals surface area contributed by atoms with Crippen LogP contribution in [0, 0.1) is 5.41 Å². The molecule has 3 heterocycles. The summed E-state index contributed by atoms with van der Waals surface area (Å²) in [6, 6.07) is 1.82. The third-order valence-electron chi connectivity index (χ3n) is 4.08. The van der Waals surface area contributed by atoms with Crippen LogP contribution in [0.4, 0.5) is 5.82 Å². The van der Waals surface area contributed by atoms with Gasteiger partial charge in [-0.25, -0.2) is 9.78 Å². The molecule has 0 bridgehead atoms. The van der Waals surface area contributed by atoms with Crippen molar-refractivity contribution in [2.24, 2.45) is 5.41 Å². The molecule has 1 aromatic rings. The van der Waals surface area contributed by atoms with Crippen molar-refractivity contribution in [2.75, 3.05) is 18.4 Å². The molecular formula is C15H15N3O4. The highest BCUT2D eigenvalue weighted by Crippen LogP contribution is 2.40. The molecule has 1 saturated heterocycles. The van der Waals surface area contributed by atoms with Crippen LogP contribution in [-0.2, 0) is 20.8 Å². The summed E-state index contributed by atoms with van der Waals surface area (Å²) in [6.07, 6.45) is 4.52. The average molecular weight is 301 g/mol. The number of amides is 2. The van der Waals surface area contributed by atoms with E-state index in [-0.39, 0.29) is 11.8 Å². The maximum atomic E-state index is 12.2. The van der Waals surface area contributed by atoms with Gasteiger partial charge in [0.1, 0.15) is 5.82 Å². The Bertz CT molecular complexity index is 705. The number of hydrogen-bond acceptors (Lipinski definition) is 4. The summed E-state index contributed by atoms with van der Waals surface area (Å²) in [4.78, 5) is 39.9. The fourth-order valence-electron chi connectivity index (χ4n) is 2.88. The smallest absolute Gasteiger partial charge is 0.328 e.